The molecule has 0 aliphatic carbocycles. The normalized spacial score (nSPS) is 12.7. The van der Waals surface area contributed by atoms with Gasteiger partial charge in [-0.25, -0.2) is 10.4 Å². The number of hydrogen-bond acceptors (Lipinski definition) is 4. The van der Waals surface area contributed by atoms with E-state index in [4.69, 9.17) is 5.84 Å². The second-order valence-electron chi connectivity index (χ2n) is 3.86. The van der Waals surface area contributed by atoms with E-state index in [0.717, 1.165) is 16.8 Å². The van der Waals surface area contributed by atoms with Gasteiger partial charge in [0.15, 0.2) is 0 Å². The molecule has 0 aliphatic heterocycles. The van der Waals surface area contributed by atoms with Crippen molar-refractivity contribution in [3.63, 3.8) is 0 Å². The van der Waals surface area contributed by atoms with Crippen LogP contribution in [0.25, 0.3) is 0 Å². The highest BCUT2D eigenvalue weighted by molar-refractivity contribution is 5.26. The topological polar surface area (TPSA) is 68.8 Å². The Kier molecular flexibility index (Phi) is 2.98. The number of imidazole rings is 1. The zero-order valence-corrected chi connectivity index (χ0v) is 9.38. The third-order valence-electron chi connectivity index (χ3n) is 2.42. The molecule has 0 saturated carbocycles. The number of aromatic nitrogens is 3. The molecule has 16 heavy (non-hydrogen) atoms. The van der Waals surface area contributed by atoms with Crippen LogP contribution in [0.15, 0.2) is 31.0 Å². The number of rotatable bonds is 3. The fraction of sp³-hybridized carbons (Fsp3) is 0.273. The lowest BCUT2D eigenvalue weighted by Crippen LogP contribution is -2.29. The van der Waals surface area contributed by atoms with Gasteiger partial charge in [0, 0.05) is 25.6 Å². The van der Waals surface area contributed by atoms with Crippen LogP contribution < -0.4 is 11.3 Å². The van der Waals surface area contributed by atoms with Gasteiger partial charge in [-0.05, 0) is 18.1 Å². The number of nitrogens with two attached hydrogens (primary N) is 1. The molecule has 2 aromatic heterocycles. The molecule has 0 radical (unpaired) electrons. The molecular formula is C11H15N5. The van der Waals surface area contributed by atoms with Crippen molar-refractivity contribution >= 4 is 0 Å². The summed E-state index contributed by atoms with van der Waals surface area (Å²) < 4.78 is 1.89. The Morgan fingerprint density at radius 3 is 2.81 bits per heavy atom. The molecule has 2 rings (SSSR count). The van der Waals surface area contributed by atoms with Crippen LogP contribution in [0, 0.1) is 6.92 Å². The molecule has 0 fully saturated rings. The lowest BCUT2D eigenvalue weighted by molar-refractivity contribution is 0.620. The van der Waals surface area contributed by atoms with Crippen LogP contribution in [-0.2, 0) is 7.05 Å². The van der Waals surface area contributed by atoms with E-state index in [1.807, 2.05) is 37.0 Å². The van der Waals surface area contributed by atoms with Gasteiger partial charge in [0.25, 0.3) is 0 Å². The predicted molar refractivity (Wildman–Crippen MR) is 61.3 cm³/mol. The minimum Gasteiger partial charge on any atom is -0.340 e. The smallest absolute Gasteiger partial charge is 0.0947 e. The van der Waals surface area contributed by atoms with Gasteiger partial charge in [-0.3, -0.25) is 10.8 Å². The van der Waals surface area contributed by atoms with Crippen LogP contribution in [-0.4, -0.2) is 14.5 Å². The summed E-state index contributed by atoms with van der Waals surface area (Å²) in [7, 11) is 1.93. The fourth-order valence-corrected chi connectivity index (χ4v) is 1.67. The summed E-state index contributed by atoms with van der Waals surface area (Å²) in [5.74, 6) is 5.57. The summed E-state index contributed by atoms with van der Waals surface area (Å²) in [6.07, 6.45) is 7.30. The molecule has 2 aromatic rings. The molecule has 0 spiro atoms. The van der Waals surface area contributed by atoms with Crippen LogP contribution in [0.3, 0.4) is 0 Å². The van der Waals surface area contributed by atoms with Crippen molar-refractivity contribution in [3.05, 3.63) is 47.8 Å². The van der Waals surface area contributed by atoms with Crippen molar-refractivity contribution < 1.29 is 0 Å². The molecule has 1 unspecified atom stereocenters. The minimum absolute atomic E-state index is 0.117. The lowest BCUT2D eigenvalue weighted by atomic mass is 10.1. The van der Waals surface area contributed by atoms with Crippen molar-refractivity contribution in [3.8, 4) is 0 Å². The Balaban J connectivity index is 2.36. The maximum atomic E-state index is 5.57. The average molecular weight is 217 g/mol. The van der Waals surface area contributed by atoms with E-state index in [9.17, 15) is 0 Å². The first-order valence-corrected chi connectivity index (χ1v) is 5.06. The Bertz CT molecular complexity index is 477. The number of pyridine rings is 1. The zero-order valence-electron chi connectivity index (χ0n) is 9.38. The maximum absolute atomic E-state index is 5.57. The Morgan fingerprint density at radius 2 is 2.25 bits per heavy atom. The highest BCUT2D eigenvalue weighted by Gasteiger charge is 2.15. The van der Waals surface area contributed by atoms with Crippen molar-refractivity contribution in [2.45, 2.75) is 13.0 Å². The molecule has 0 saturated heterocycles. The van der Waals surface area contributed by atoms with E-state index in [2.05, 4.69) is 15.4 Å². The standard InChI is InChI=1S/C11H15N5/c1-8-3-9(5-13-4-8)11(15-12)10-6-16(2)7-14-10/h3-7,11,15H,12H2,1-2H3. The van der Waals surface area contributed by atoms with Crippen LogP contribution in [0.5, 0.6) is 0 Å². The maximum Gasteiger partial charge on any atom is 0.0947 e. The highest BCUT2D eigenvalue weighted by atomic mass is 15.2. The van der Waals surface area contributed by atoms with Gasteiger partial charge in [0.05, 0.1) is 18.1 Å². The van der Waals surface area contributed by atoms with Crippen LogP contribution in [0.4, 0.5) is 0 Å². The predicted octanol–water partition coefficient (Wildman–Crippen LogP) is 0.676. The molecule has 3 N–H and O–H groups in total. The van der Waals surface area contributed by atoms with Gasteiger partial charge in [0.2, 0.25) is 0 Å². The number of aryl methyl sites for hydroxylation is 2. The summed E-state index contributed by atoms with van der Waals surface area (Å²) in [5.41, 5.74) is 5.77. The summed E-state index contributed by atoms with van der Waals surface area (Å²) >= 11 is 0. The van der Waals surface area contributed by atoms with E-state index in [0.29, 0.717) is 0 Å². The molecule has 2 heterocycles. The molecular weight excluding hydrogens is 202 g/mol. The van der Waals surface area contributed by atoms with Gasteiger partial charge in [-0.1, -0.05) is 6.07 Å². The molecule has 0 aromatic carbocycles. The third kappa shape index (κ3) is 2.10. The lowest BCUT2D eigenvalue weighted by Gasteiger charge is -2.13. The van der Waals surface area contributed by atoms with Crippen LogP contribution in [0.2, 0.25) is 0 Å². The van der Waals surface area contributed by atoms with Gasteiger partial charge >= 0.3 is 0 Å². The van der Waals surface area contributed by atoms with Gasteiger partial charge in [-0.15, -0.1) is 0 Å². The molecule has 5 heteroatoms. The summed E-state index contributed by atoms with van der Waals surface area (Å²) in [6.45, 7) is 2.00. The van der Waals surface area contributed by atoms with E-state index < -0.39 is 0 Å². The molecule has 0 amide bonds. The SMILES string of the molecule is Cc1cncc(C(NN)c2cn(C)cn2)c1. The minimum atomic E-state index is -0.117. The monoisotopic (exact) mass is 217 g/mol. The fourth-order valence-electron chi connectivity index (χ4n) is 1.67. The first-order valence-electron chi connectivity index (χ1n) is 5.06. The number of nitrogens with zero attached hydrogens (tertiary/aromatic N) is 3. The van der Waals surface area contributed by atoms with E-state index in [1.165, 1.54) is 0 Å². The third-order valence-corrected chi connectivity index (χ3v) is 2.42. The van der Waals surface area contributed by atoms with Crippen LogP contribution >= 0.6 is 0 Å². The quantitative estimate of drug-likeness (QED) is 0.586. The first kappa shape index (κ1) is 10.8. The Morgan fingerprint density at radius 1 is 1.44 bits per heavy atom. The second-order valence-corrected chi connectivity index (χ2v) is 3.86. The van der Waals surface area contributed by atoms with E-state index in [1.54, 1.807) is 12.5 Å². The zero-order chi connectivity index (χ0) is 11.5. The number of hydrogen-bond donors (Lipinski definition) is 2. The summed E-state index contributed by atoms with van der Waals surface area (Å²) in [4.78, 5) is 8.44. The summed E-state index contributed by atoms with van der Waals surface area (Å²) in [5, 5.41) is 0. The highest BCUT2D eigenvalue weighted by Crippen LogP contribution is 2.19. The largest absolute Gasteiger partial charge is 0.340 e. The number of nitrogens with one attached hydrogen (secondary N) is 1. The van der Waals surface area contributed by atoms with Gasteiger partial charge in [-0.2, -0.15) is 0 Å². The van der Waals surface area contributed by atoms with E-state index >= 15 is 0 Å². The molecule has 84 valence electrons. The Labute approximate surface area is 94.3 Å². The number of hydrazine groups is 1. The second kappa shape index (κ2) is 4.42. The van der Waals surface area contributed by atoms with Crippen LogP contribution in [0.1, 0.15) is 22.9 Å². The van der Waals surface area contributed by atoms with Gasteiger partial charge < -0.3 is 4.57 Å². The molecule has 1 atom stereocenters. The molecule has 5 nitrogen and oxygen atoms in total. The summed E-state index contributed by atoms with van der Waals surface area (Å²) in [6, 6.07) is 1.93. The molecule has 0 aliphatic rings. The Hall–Kier alpha value is -1.72. The van der Waals surface area contributed by atoms with Crippen molar-refractivity contribution in [2.75, 3.05) is 0 Å². The van der Waals surface area contributed by atoms with Crippen molar-refractivity contribution in [1.29, 1.82) is 0 Å². The first-order chi connectivity index (χ1) is 7.70. The van der Waals surface area contributed by atoms with Crippen molar-refractivity contribution in [1.82, 2.24) is 20.0 Å². The van der Waals surface area contributed by atoms with Crippen molar-refractivity contribution in [2.24, 2.45) is 12.9 Å². The van der Waals surface area contributed by atoms with Gasteiger partial charge in [0.1, 0.15) is 0 Å². The average Bonchev–Trinajstić information content (AvgIpc) is 2.66. The van der Waals surface area contributed by atoms with E-state index in [-0.39, 0.29) is 6.04 Å². The molecule has 0 bridgehead atoms.